The first-order chi connectivity index (χ1) is 10.0. The van der Waals surface area contributed by atoms with E-state index in [2.05, 4.69) is 4.90 Å². The van der Waals surface area contributed by atoms with Crippen LogP contribution in [0.25, 0.3) is 0 Å². The lowest BCUT2D eigenvalue weighted by Gasteiger charge is -2.38. The molecule has 1 aromatic rings. The van der Waals surface area contributed by atoms with Crippen LogP contribution < -0.4 is 0 Å². The molecule has 2 saturated heterocycles. The van der Waals surface area contributed by atoms with Gasteiger partial charge in [-0.1, -0.05) is 11.6 Å². The normalized spacial score (nSPS) is 28.8. The molecule has 1 aromatic carbocycles. The summed E-state index contributed by atoms with van der Waals surface area (Å²) < 4.78 is 13.4. The SMILES string of the molecule is O=C(O)CC1CC2CCC(C1)N2Cc1cc(F)cc(Cl)c1. The second-order valence-corrected chi connectivity index (χ2v) is 6.71. The van der Waals surface area contributed by atoms with E-state index in [4.69, 9.17) is 16.7 Å². The van der Waals surface area contributed by atoms with Gasteiger partial charge in [-0.2, -0.15) is 0 Å². The average Bonchev–Trinajstić information content (AvgIpc) is 2.61. The van der Waals surface area contributed by atoms with Crippen molar-refractivity contribution in [2.45, 2.75) is 50.7 Å². The average molecular weight is 312 g/mol. The van der Waals surface area contributed by atoms with Crippen molar-refractivity contribution in [3.05, 3.63) is 34.6 Å². The van der Waals surface area contributed by atoms with Gasteiger partial charge in [0.05, 0.1) is 0 Å². The number of carbonyl (C=O) groups is 1. The van der Waals surface area contributed by atoms with Crippen LogP contribution in [0.15, 0.2) is 18.2 Å². The van der Waals surface area contributed by atoms with Crippen molar-refractivity contribution in [1.82, 2.24) is 4.90 Å². The Bertz CT molecular complexity index is 517. The van der Waals surface area contributed by atoms with Gasteiger partial charge in [0.2, 0.25) is 0 Å². The van der Waals surface area contributed by atoms with Crippen molar-refractivity contribution in [2.75, 3.05) is 0 Å². The van der Waals surface area contributed by atoms with E-state index in [1.807, 2.05) is 6.07 Å². The molecular formula is C16H19ClFNO2. The number of aliphatic carboxylic acids is 1. The zero-order valence-corrected chi connectivity index (χ0v) is 12.5. The second-order valence-electron chi connectivity index (χ2n) is 6.27. The molecule has 0 saturated carbocycles. The number of hydrogen-bond donors (Lipinski definition) is 1. The zero-order valence-electron chi connectivity index (χ0n) is 11.8. The highest BCUT2D eigenvalue weighted by molar-refractivity contribution is 6.30. The predicted octanol–water partition coefficient (Wildman–Crippen LogP) is 3.70. The Hall–Kier alpha value is -1.13. The first kappa shape index (κ1) is 14.8. The fraction of sp³-hybridized carbons (Fsp3) is 0.562. The summed E-state index contributed by atoms with van der Waals surface area (Å²) in [7, 11) is 0. The molecule has 2 atom stereocenters. The van der Waals surface area contributed by atoms with Crippen molar-refractivity contribution in [3.63, 3.8) is 0 Å². The van der Waals surface area contributed by atoms with Gasteiger partial charge in [0.25, 0.3) is 0 Å². The molecule has 114 valence electrons. The first-order valence-electron chi connectivity index (χ1n) is 7.44. The van der Waals surface area contributed by atoms with E-state index in [0.29, 0.717) is 23.7 Å². The van der Waals surface area contributed by atoms with Crippen molar-refractivity contribution < 1.29 is 14.3 Å². The van der Waals surface area contributed by atoms with Crippen LogP contribution in [0.2, 0.25) is 5.02 Å². The van der Waals surface area contributed by atoms with Crippen molar-refractivity contribution >= 4 is 17.6 Å². The van der Waals surface area contributed by atoms with Crippen molar-refractivity contribution in [2.24, 2.45) is 5.92 Å². The maximum atomic E-state index is 13.4. The van der Waals surface area contributed by atoms with Crippen LogP contribution in [-0.2, 0) is 11.3 Å². The summed E-state index contributed by atoms with van der Waals surface area (Å²) in [5, 5.41) is 9.38. The molecule has 3 rings (SSSR count). The van der Waals surface area contributed by atoms with Crippen LogP contribution in [0.1, 0.15) is 37.7 Å². The van der Waals surface area contributed by atoms with Crippen LogP contribution in [0.5, 0.6) is 0 Å². The van der Waals surface area contributed by atoms with Crippen molar-refractivity contribution in [3.8, 4) is 0 Å². The molecule has 2 fully saturated rings. The molecule has 3 nitrogen and oxygen atoms in total. The Morgan fingerprint density at radius 2 is 1.95 bits per heavy atom. The minimum Gasteiger partial charge on any atom is -0.481 e. The molecule has 21 heavy (non-hydrogen) atoms. The summed E-state index contributed by atoms with van der Waals surface area (Å²) in [4.78, 5) is 13.3. The summed E-state index contributed by atoms with van der Waals surface area (Å²) in [5.74, 6) is -0.720. The van der Waals surface area contributed by atoms with Crippen LogP contribution >= 0.6 is 11.6 Å². The van der Waals surface area contributed by atoms with Gasteiger partial charge >= 0.3 is 5.97 Å². The quantitative estimate of drug-likeness (QED) is 0.922. The highest BCUT2D eigenvalue weighted by atomic mass is 35.5. The molecule has 0 aromatic heterocycles. The lowest BCUT2D eigenvalue weighted by molar-refractivity contribution is -0.138. The highest BCUT2D eigenvalue weighted by Crippen LogP contribution is 2.40. The van der Waals surface area contributed by atoms with E-state index in [1.54, 1.807) is 0 Å². The van der Waals surface area contributed by atoms with Gasteiger partial charge in [0, 0.05) is 30.1 Å². The third-order valence-corrected chi connectivity index (χ3v) is 4.95. The summed E-state index contributed by atoms with van der Waals surface area (Å²) >= 11 is 5.91. The zero-order chi connectivity index (χ0) is 15.0. The molecule has 2 aliphatic heterocycles. The van der Waals surface area contributed by atoms with E-state index >= 15 is 0 Å². The second kappa shape index (κ2) is 5.93. The Morgan fingerprint density at radius 1 is 1.29 bits per heavy atom. The van der Waals surface area contributed by atoms with E-state index in [-0.39, 0.29) is 18.2 Å². The lowest BCUT2D eigenvalue weighted by atomic mass is 9.88. The van der Waals surface area contributed by atoms with Gasteiger partial charge in [-0.25, -0.2) is 4.39 Å². The molecule has 2 bridgehead atoms. The van der Waals surface area contributed by atoms with E-state index in [1.165, 1.54) is 12.1 Å². The first-order valence-corrected chi connectivity index (χ1v) is 7.81. The molecule has 2 aliphatic rings. The summed E-state index contributed by atoms with van der Waals surface area (Å²) in [6.07, 6.45) is 4.37. The fourth-order valence-electron chi connectivity index (χ4n) is 3.97. The summed E-state index contributed by atoms with van der Waals surface area (Å²) in [5.41, 5.74) is 0.897. The van der Waals surface area contributed by atoms with Gasteiger partial charge in [-0.15, -0.1) is 0 Å². The number of nitrogens with zero attached hydrogens (tertiary/aromatic N) is 1. The minimum absolute atomic E-state index is 0.270. The lowest BCUT2D eigenvalue weighted by Crippen LogP contribution is -2.42. The Balaban J connectivity index is 1.69. The van der Waals surface area contributed by atoms with Gasteiger partial charge in [-0.05, 0) is 55.4 Å². The van der Waals surface area contributed by atoms with E-state index in [9.17, 15) is 9.18 Å². The number of rotatable bonds is 4. The number of hydrogen-bond acceptors (Lipinski definition) is 2. The molecular weight excluding hydrogens is 293 g/mol. The topological polar surface area (TPSA) is 40.5 Å². The Labute approximate surface area is 128 Å². The van der Waals surface area contributed by atoms with Crippen molar-refractivity contribution in [1.29, 1.82) is 0 Å². The van der Waals surface area contributed by atoms with Gasteiger partial charge in [0.15, 0.2) is 0 Å². The third-order valence-electron chi connectivity index (χ3n) is 4.73. The smallest absolute Gasteiger partial charge is 0.303 e. The standard InChI is InChI=1S/C16H19ClFNO2/c17-12-3-11(4-13(18)8-12)9-19-14-1-2-15(19)6-10(5-14)7-16(20)21/h3-4,8,10,14-15H,1-2,5-7,9H2,(H,20,21). The fourth-order valence-corrected chi connectivity index (χ4v) is 4.22. The van der Waals surface area contributed by atoms with Crippen LogP contribution in [0.3, 0.4) is 0 Å². The summed E-state index contributed by atoms with van der Waals surface area (Å²) in [6, 6.07) is 5.52. The molecule has 0 spiro atoms. The molecule has 0 aliphatic carbocycles. The molecule has 2 heterocycles. The number of carboxylic acid groups (broad SMARTS) is 1. The number of carboxylic acids is 1. The number of halogens is 2. The predicted molar refractivity (Wildman–Crippen MR) is 78.7 cm³/mol. The summed E-state index contributed by atoms with van der Waals surface area (Å²) in [6.45, 7) is 0.701. The number of fused-ring (bicyclic) bond motifs is 2. The van der Waals surface area contributed by atoms with Crippen LogP contribution in [0.4, 0.5) is 4.39 Å². The molecule has 0 radical (unpaired) electrons. The van der Waals surface area contributed by atoms with Crippen LogP contribution in [-0.4, -0.2) is 28.1 Å². The highest BCUT2D eigenvalue weighted by Gasteiger charge is 2.40. The van der Waals surface area contributed by atoms with E-state index in [0.717, 1.165) is 31.2 Å². The molecule has 5 heteroatoms. The number of benzene rings is 1. The molecule has 1 N–H and O–H groups in total. The Kier molecular flexibility index (Phi) is 4.18. The molecule has 2 unspecified atom stereocenters. The number of piperidine rings is 1. The molecule has 0 amide bonds. The van der Waals surface area contributed by atoms with Crippen LogP contribution in [0, 0.1) is 11.7 Å². The Morgan fingerprint density at radius 3 is 2.52 bits per heavy atom. The monoisotopic (exact) mass is 311 g/mol. The van der Waals surface area contributed by atoms with Gasteiger partial charge in [0.1, 0.15) is 5.82 Å². The van der Waals surface area contributed by atoms with Gasteiger partial charge in [-0.3, -0.25) is 9.69 Å². The maximum Gasteiger partial charge on any atom is 0.303 e. The van der Waals surface area contributed by atoms with E-state index < -0.39 is 5.97 Å². The minimum atomic E-state index is -0.704. The van der Waals surface area contributed by atoms with Gasteiger partial charge < -0.3 is 5.11 Å². The maximum absolute atomic E-state index is 13.4. The third kappa shape index (κ3) is 3.38. The largest absolute Gasteiger partial charge is 0.481 e.